The Morgan fingerprint density at radius 2 is 2.36 bits per heavy atom. The highest BCUT2D eigenvalue weighted by molar-refractivity contribution is 5.91. The molecule has 11 heavy (non-hydrogen) atoms. The summed E-state index contributed by atoms with van der Waals surface area (Å²) in [6.07, 6.45) is 6.16. The van der Waals surface area contributed by atoms with Crippen LogP contribution in [-0.4, -0.2) is 12.3 Å². The third-order valence-electron chi connectivity index (χ3n) is 2.55. The van der Waals surface area contributed by atoms with Crippen LogP contribution in [0.1, 0.15) is 25.7 Å². The van der Waals surface area contributed by atoms with Crippen molar-refractivity contribution < 1.29 is 4.79 Å². The van der Waals surface area contributed by atoms with Gasteiger partial charge in [0, 0.05) is 24.7 Å². The van der Waals surface area contributed by atoms with Crippen molar-refractivity contribution in [1.82, 2.24) is 5.32 Å². The zero-order chi connectivity index (χ0) is 7.68. The minimum atomic E-state index is 0.297. The van der Waals surface area contributed by atoms with E-state index in [0.29, 0.717) is 11.7 Å². The molecule has 1 aliphatic carbocycles. The van der Waals surface area contributed by atoms with Gasteiger partial charge in [0.2, 0.25) is 0 Å². The molecule has 2 rings (SSSR count). The molecule has 0 spiro atoms. The average Bonchev–Trinajstić information content (AvgIpc) is 2.04. The molecule has 1 heterocycles. The summed E-state index contributed by atoms with van der Waals surface area (Å²) in [6, 6.07) is 0. The molecule has 0 amide bonds. The van der Waals surface area contributed by atoms with E-state index in [0.717, 1.165) is 19.4 Å². The van der Waals surface area contributed by atoms with E-state index < -0.39 is 0 Å². The summed E-state index contributed by atoms with van der Waals surface area (Å²) in [6.45, 7) is 1.05. The zero-order valence-electron chi connectivity index (χ0n) is 6.60. The lowest BCUT2D eigenvalue weighted by Gasteiger charge is -2.29. The fourth-order valence-electron chi connectivity index (χ4n) is 1.91. The summed E-state index contributed by atoms with van der Waals surface area (Å²) < 4.78 is 0. The molecule has 1 saturated heterocycles. The Balaban J connectivity index is 2.16. The molecule has 0 aromatic carbocycles. The van der Waals surface area contributed by atoms with Crippen molar-refractivity contribution in [1.29, 1.82) is 0 Å². The van der Waals surface area contributed by atoms with Crippen molar-refractivity contribution in [3.8, 4) is 0 Å². The first kappa shape index (κ1) is 6.89. The number of rotatable bonds is 0. The second kappa shape index (κ2) is 2.68. The molecule has 1 aliphatic heterocycles. The summed E-state index contributed by atoms with van der Waals surface area (Å²) in [5.41, 5.74) is 1.20. The summed E-state index contributed by atoms with van der Waals surface area (Å²) in [7, 11) is 0. The van der Waals surface area contributed by atoms with Gasteiger partial charge in [0.05, 0.1) is 0 Å². The summed E-state index contributed by atoms with van der Waals surface area (Å²) >= 11 is 0. The van der Waals surface area contributed by atoms with Crippen molar-refractivity contribution in [3.63, 3.8) is 0 Å². The minimum Gasteiger partial charge on any atom is -0.388 e. The number of fused-ring (bicyclic) bond motifs is 1. The van der Waals surface area contributed by atoms with Crippen molar-refractivity contribution >= 4 is 5.78 Å². The van der Waals surface area contributed by atoms with Gasteiger partial charge in [0.1, 0.15) is 0 Å². The van der Waals surface area contributed by atoms with E-state index >= 15 is 0 Å². The Morgan fingerprint density at radius 1 is 1.45 bits per heavy atom. The Hall–Kier alpha value is -0.790. The SMILES string of the molecule is O=C1C=C2NCCCC2CC1. The van der Waals surface area contributed by atoms with E-state index in [9.17, 15) is 4.79 Å². The molecule has 0 aromatic rings. The lowest BCUT2D eigenvalue weighted by Crippen LogP contribution is -2.30. The first-order chi connectivity index (χ1) is 5.36. The Labute approximate surface area is 66.7 Å². The molecule has 0 saturated carbocycles. The highest BCUT2D eigenvalue weighted by atomic mass is 16.1. The van der Waals surface area contributed by atoms with E-state index in [1.165, 1.54) is 18.5 Å². The number of ketones is 1. The van der Waals surface area contributed by atoms with Crippen molar-refractivity contribution in [2.24, 2.45) is 5.92 Å². The van der Waals surface area contributed by atoms with E-state index in [1.807, 2.05) is 0 Å². The van der Waals surface area contributed by atoms with Gasteiger partial charge in [-0.05, 0) is 25.2 Å². The topological polar surface area (TPSA) is 29.1 Å². The molecule has 1 atom stereocenters. The third kappa shape index (κ3) is 1.30. The fourth-order valence-corrected chi connectivity index (χ4v) is 1.91. The minimum absolute atomic E-state index is 0.297. The number of carbonyl (C=O) groups is 1. The fraction of sp³-hybridized carbons (Fsp3) is 0.667. The van der Waals surface area contributed by atoms with Crippen LogP contribution in [0.25, 0.3) is 0 Å². The standard InChI is InChI=1S/C9H13NO/c11-8-4-3-7-2-1-5-10-9(7)6-8/h6-7,10H,1-5H2. The highest BCUT2D eigenvalue weighted by Gasteiger charge is 2.23. The number of allylic oxidation sites excluding steroid dienone is 2. The van der Waals surface area contributed by atoms with Gasteiger partial charge in [0.25, 0.3) is 0 Å². The van der Waals surface area contributed by atoms with E-state index in [4.69, 9.17) is 0 Å². The number of piperidine rings is 1. The Kier molecular flexibility index (Phi) is 1.68. The molecule has 1 N–H and O–H groups in total. The first-order valence-electron chi connectivity index (χ1n) is 4.34. The lowest BCUT2D eigenvalue weighted by molar-refractivity contribution is -0.115. The van der Waals surface area contributed by atoms with Crippen LogP contribution in [0.2, 0.25) is 0 Å². The quantitative estimate of drug-likeness (QED) is 0.564. The molecular formula is C9H13NO. The third-order valence-corrected chi connectivity index (χ3v) is 2.55. The molecule has 0 bridgehead atoms. The van der Waals surface area contributed by atoms with Crippen molar-refractivity contribution in [2.75, 3.05) is 6.54 Å². The molecule has 0 radical (unpaired) electrons. The normalized spacial score (nSPS) is 30.4. The maximum atomic E-state index is 11.0. The Bertz CT molecular complexity index is 208. The maximum absolute atomic E-state index is 11.0. The van der Waals surface area contributed by atoms with Crippen molar-refractivity contribution in [3.05, 3.63) is 11.8 Å². The van der Waals surface area contributed by atoms with Gasteiger partial charge in [-0.1, -0.05) is 0 Å². The number of carbonyl (C=O) groups excluding carboxylic acids is 1. The van der Waals surface area contributed by atoms with Gasteiger partial charge >= 0.3 is 0 Å². The van der Waals surface area contributed by atoms with Gasteiger partial charge in [-0.3, -0.25) is 4.79 Å². The summed E-state index contributed by atoms with van der Waals surface area (Å²) in [5, 5.41) is 3.29. The molecule has 2 nitrogen and oxygen atoms in total. The molecule has 2 aliphatic rings. The van der Waals surface area contributed by atoms with Crippen LogP contribution < -0.4 is 5.32 Å². The zero-order valence-corrected chi connectivity index (χ0v) is 6.60. The predicted octanol–water partition coefficient (Wildman–Crippen LogP) is 1.23. The maximum Gasteiger partial charge on any atom is 0.157 e. The molecule has 0 aromatic heterocycles. The molecule has 2 heteroatoms. The van der Waals surface area contributed by atoms with Crippen LogP contribution in [0.15, 0.2) is 11.8 Å². The van der Waals surface area contributed by atoms with E-state index in [2.05, 4.69) is 5.32 Å². The van der Waals surface area contributed by atoms with Crippen LogP contribution in [0.3, 0.4) is 0 Å². The molecule has 1 unspecified atom stereocenters. The second-order valence-electron chi connectivity index (χ2n) is 3.37. The van der Waals surface area contributed by atoms with E-state index in [-0.39, 0.29) is 0 Å². The smallest absolute Gasteiger partial charge is 0.157 e. The monoisotopic (exact) mass is 151 g/mol. The average molecular weight is 151 g/mol. The largest absolute Gasteiger partial charge is 0.388 e. The van der Waals surface area contributed by atoms with Crippen LogP contribution in [0.4, 0.5) is 0 Å². The Morgan fingerprint density at radius 3 is 3.27 bits per heavy atom. The predicted molar refractivity (Wildman–Crippen MR) is 43.1 cm³/mol. The number of hydrogen-bond donors (Lipinski definition) is 1. The van der Waals surface area contributed by atoms with Crippen LogP contribution in [0, 0.1) is 5.92 Å². The van der Waals surface area contributed by atoms with Gasteiger partial charge < -0.3 is 5.32 Å². The molecular weight excluding hydrogens is 138 g/mol. The number of hydrogen-bond acceptors (Lipinski definition) is 2. The lowest BCUT2D eigenvalue weighted by atomic mass is 9.86. The van der Waals surface area contributed by atoms with Gasteiger partial charge in [-0.2, -0.15) is 0 Å². The highest BCUT2D eigenvalue weighted by Crippen LogP contribution is 2.27. The summed E-state index contributed by atoms with van der Waals surface area (Å²) in [4.78, 5) is 11.0. The van der Waals surface area contributed by atoms with E-state index in [1.54, 1.807) is 6.08 Å². The second-order valence-corrected chi connectivity index (χ2v) is 3.37. The van der Waals surface area contributed by atoms with Crippen LogP contribution in [-0.2, 0) is 4.79 Å². The van der Waals surface area contributed by atoms with Crippen LogP contribution in [0.5, 0.6) is 0 Å². The molecule has 60 valence electrons. The van der Waals surface area contributed by atoms with Crippen LogP contribution >= 0.6 is 0 Å². The van der Waals surface area contributed by atoms with Gasteiger partial charge in [-0.15, -0.1) is 0 Å². The van der Waals surface area contributed by atoms with Crippen molar-refractivity contribution in [2.45, 2.75) is 25.7 Å². The summed E-state index contributed by atoms with van der Waals surface area (Å²) in [5.74, 6) is 0.965. The number of nitrogens with one attached hydrogen (secondary N) is 1. The van der Waals surface area contributed by atoms with Gasteiger partial charge in [0.15, 0.2) is 5.78 Å². The molecule has 1 fully saturated rings. The van der Waals surface area contributed by atoms with Gasteiger partial charge in [-0.25, -0.2) is 0 Å². The first-order valence-corrected chi connectivity index (χ1v) is 4.34.